The third-order valence-corrected chi connectivity index (χ3v) is 3.97. The smallest absolute Gasteiger partial charge is 0.227 e. The monoisotopic (exact) mass is 344 g/mol. The molecule has 0 saturated heterocycles. The van der Waals surface area contributed by atoms with Gasteiger partial charge in [-0.1, -0.05) is 53.7 Å². The van der Waals surface area contributed by atoms with E-state index >= 15 is 0 Å². The summed E-state index contributed by atoms with van der Waals surface area (Å²) in [5, 5.41) is 7.85. The molecule has 128 valence electrons. The molecule has 4 rings (SSSR count). The quantitative estimate of drug-likeness (QED) is 0.594. The summed E-state index contributed by atoms with van der Waals surface area (Å²) in [5.41, 5.74) is 2.35. The van der Waals surface area contributed by atoms with Crippen LogP contribution in [-0.2, 0) is 11.2 Å². The van der Waals surface area contributed by atoms with Crippen LogP contribution in [0.3, 0.4) is 0 Å². The van der Waals surface area contributed by atoms with E-state index in [-0.39, 0.29) is 12.3 Å². The van der Waals surface area contributed by atoms with Gasteiger partial charge in [0.25, 0.3) is 0 Å². The maximum absolute atomic E-state index is 12.3. The zero-order valence-corrected chi connectivity index (χ0v) is 13.9. The second-order valence-corrected chi connectivity index (χ2v) is 5.81. The Hall–Kier alpha value is -3.54. The van der Waals surface area contributed by atoms with E-state index in [9.17, 15) is 4.79 Å². The average Bonchev–Trinajstić information content (AvgIpc) is 3.17. The number of fused-ring (bicyclic) bond motifs is 1. The fourth-order valence-corrected chi connectivity index (χ4v) is 2.70. The molecule has 1 amide bonds. The number of para-hydroxylation sites is 1. The Balaban J connectivity index is 1.41. The van der Waals surface area contributed by atoms with E-state index in [4.69, 9.17) is 4.52 Å². The van der Waals surface area contributed by atoms with E-state index in [1.165, 1.54) is 0 Å². The van der Waals surface area contributed by atoms with Crippen molar-refractivity contribution in [2.75, 3.05) is 5.32 Å². The fourth-order valence-electron chi connectivity index (χ4n) is 2.70. The second kappa shape index (κ2) is 7.14. The van der Waals surface area contributed by atoms with Gasteiger partial charge in [-0.3, -0.25) is 9.78 Å². The minimum absolute atomic E-state index is 0.123. The molecule has 0 fully saturated rings. The number of carbonyl (C=O) groups excluding carboxylic acids is 1. The highest BCUT2D eigenvalue weighted by Crippen LogP contribution is 2.21. The Morgan fingerprint density at radius 1 is 1.00 bits per heavy atom. The summed E-state index contributed by atoms with van der Waals surface area (Å²) >= 11 is 0. The van der Waals surface area contributed by atoms with Crippen molar-refractivity contribution in [1.82, 2.24) is 15.1 Å². The van der Waals surface area contributed by atoms with Crippen LogP contribution in [0, 0.1) is 0 Å². The number of benzene rings is 2. The van der Waals surface area contributed by atoms with Gasteiger partial charge < -0.3 is 9.84 Å². The topological polar surface area (TPSA) is 80.9 Å². The van der Waals surface area contributed by atoms with Crippen molar-refractivity contribution >= 4 is 22.5 Å². The summed E-state index contributed by atoms with van der Waals surface area (Å²) in [6.45, 7) is 0. The normalized spacial score (nSPS) is 10.8. The third kappa shape index (κ3) is 3.44. The van der Waals surface area contributed by atoms with Gasteiger partial charge in [-0.2, -0.15) is 4.98 Å². The van der Waals surface area contributed by atoms with Gasteiger partial charge in [-0.15, -0.1) is 0 Å². The predicted molar refractivity (Wildman–Crippen MR) is 98.4 cm³/mol. The average molecular weight is 344 g/mol. The number of amides is 1. The number of rotatable bonds is 5. The Bertz CT molecular complexity index is 1040. The molecule has 1 N–H and O–H groups in total. The molecule has 2 heterocycles. The maximum atomic E-state index is 12.3. The molecule has 0 aliphatic rings. The van der Waals surface area contributed by atoms with Crippen molar-refractivity contribution in [3.63, 3.8) is 0 Å². The third-order valence-electron chi connectivity index (χ3n) is 3.97. The molecule has 2 aromatic carbocycles. The number of nitrogens with one attached hydrogen (secondary N) is 1. The Morgan fingerprint density at radius 3 is 2.73 bits per heavy atom. The Morgan fingerprint density at radius 2 is 1.85 bits per heavy atom. The minimum atomic E-state index is -0.123. The molecule has 6 heteroatoms. The molecule has 0 spiro atoms. The molecule has 0 saturated carbocycles. The van der Waals surface area contributed by atoms with Gasteiger partial charge in [0.2, 0.25) is 17.6 Å². The van der Waals surface area contributed by atoms with E-state index in [0.717, 1.165) is 16.5 Å². The molecule has 0 atom stereocenters. The van der Waals surface area contributed by atoms with Gasteiger partial charge in [0.05, 0.1) is 11.2 Å². The summed E-state index contributed by atoms with van der Waals surface area (Å²) < 4.78 is 5.24. The second-order valence-electron chi connectivity index (χ2n) is 5.81. The molecular weight excluding hydrogens is 328 g/mol. The van der Waals surface area contributed by atoms with Crippen LogP contribution in [0.5, 0.6) is 0 Å². The molecule has 0 bridgehead atoms. The molecule has 6 nitrogen and oxygen atoms in total. The molecule has 2 aromatic heterocycles. The first-order valence-corrected chi connectivity index (χ1v) is 8.31. The van der Waals surface area contributed by atoms with E-state index in [1.807, 2.05) is 60.7 Å². The van der Waals surface area contributed by atoms with Gasteiger partial charge >= 0.3 is 0 Å². The van der Waals surface area contributed by atoms with Gasteiger partial charge in [-0.25, -0.2) is 0 Å². The lowest BCUT2D eigenvalue weighted by atomic mass is 10.2. The van der Waals surface area contributed by atoms with Crippen LogP contribution in [0.25, 0.3) is 22.3 Å². The molecule has 0 unspecified atom stereocenters. The Kier molecular flexibility index (Phi) is 4.38. The number of pyridine rings is 1. The largest absolute Gasteiger partial charge is 0.339 e. The van der Waals surface area contributed by atoms with Crippen molar-refractivity contribution in [3.05, 3.63) is 72.8 Å². The van der Waals surface area contributed by atoms with Crippen LogP contribution in [0.1, 0.15) is 12.3 Å². The highest BCUT2D eigenvalue weighted by Gasteiger charge is 2.11. The van der Waals surface area contributed by atoms with Crippen LogP contribution in [0.15, 0.2) is 71.4 Å². The van der Waals surface area contributed by atoms with Crippen molar-refractivity contribution < 1.29 is 9.32 Å². The van der Waals surface area contributed by atoms with Crippen molar-refractivity contribution in [1.29, 1.82) is 0 Å². The number of aryl methyl sites for hydroxylation is 1. The number of hydrogen-bond acceptors (Lipinski definition) is 5. The number of aromatic nitrogens is 3. The molecule has 4 aromatic rings. The molecular formula is C20H16N4O2. The first kappa shape index (κ1) is 16.0. The van der Waals surface area contributed by atoms with Crippen LogP contribution < -0.4 is 5.32 Å². The first-order chi connectivity index (χ1) is 12.8. The number of hydrogen-bond donors (Lipinski definition) is 1. The van der Waals surface area contributed by atoms with Crippen molar-refractivity contribution in [2.24, 2.45) is 0 Å². The van der Waals surface area contributed by atoms with Crippen molar-refractivity contribution in [3.8, 4) is 11.4 Å². The minimum Gasteiger partial charge on any atom is -0.339 e. The van der Waals surface area contributed by atoms with Gasteiger partial charge in [0.15, 0.2) is 0 Å². The SMILES string of the molecule is O=C(CCc1nc(-c2ccccc2)no1)Nc1cccc2cccnc12. The van der Waals surface area contributed by atoms with Crippen LogP contribution in [0.2, 0.25) is 0 Å². The molecule has 26 heavy (non-hydrogen) atoms. The first-order valence-electron chi connectivity index (χ1n) is 8.31. The lowest BCUT2D eigenvalue weighted by Crippen LogP contribution is -2.13. The summed E-state index contributed by atoms with van der Waals surface area (Å²) in [5.74, 6) is 0.844. The lowest BCUT2D eigenvalue weighted by molar-refractivity contribution is -0.116. The summed E-state index contributed by atoms with van der Waals surface area (Å²) in [6, 6.07) is 19.1. The van der Waals surface area contributed by atoms with E-state index in [2.05, 4.69) is 20.4 Å². The predicted octanol–water partition coefficient (Wildman–Crippen LogP) is 3.86. The standard InChI is InChI=1S/C20H16N4O2/c25-17(22-16-10-4-8-14-9-5-13-21-19(14)16)11-12-18-23-20(24-26-18)15-6-2-1-3-7-15/h1-10,13H,11-12H2,(H,22,25). The van der Waals surface area contributed by atoms with Gasteiger partial charge in [-0.05, 0) is 12.1 Å². The summed E-state index contributed by atoms with van der Waals surface area (Å²) in [6.07, 6.45) is 2.34. The van der Waals surface area contributed by atoms with E-state index in [0.29, 0.717) is 23.8 Å². The number of nitrogens with zero attached hydrogens (tertiary/aromatic N) is 3. The summed E-state index contributed by atoms with van der Waals surface area (Å²) in [7, 11) is 0. The van der Waals surface area contributed by atoms with Gasteiger partial charge in [0.1, 0.15) is 0 Å². The zero-order valence-electron chi connectivity index (χ0n) is 13.9. The molecule has 0 aliphatic heterocycles. The van der Waals surface area contributed by atoms with Gasteiger partial charge in [0, 0.05) is 30.0 Å². The van der Waals surface area contributed by atoms with Crippen molar-refractivity contribution in [2.45, 2.75) is 12.8 Å². The van der Waals surface area contributed by atoms with Crippen LogP contribution in [0.4, 0.5) is 5.69 Å². The van der Waals surface area contributed by atoms with E-state index < -0.39 is 0 Å². The van der Waals surface area contributed by atoms with E-state index in [1.54, 1.807) is 6.20 Å². The zero-order chi connectivity index (χ0) is 17.8. The number of anilines is 1. The summed E-state index contributed by atoms with van der Waals surface area (Å²) in [4.78, 5) is 21.0. The molecule has 0 aliphatic carbocycles. The van der Waals surface area contributed by atoms with Crippen LogP contribution >= 0.6 is 0 Å². The fraction of sp³-hybridized carbons (Fsp3) is 0.100. The maximum Gasteiger partial charge on any atom is 0.227 e. The molecule has 0 radical (unpaired) electrons. The Labute approximate surface area is 149 Å². The highest BCUT2D eigenvalue weighted by atomic mass is 16.5. The highest BCUT2D eigenvalue weighted by molar-refractivity contribution is 6.00. The number of carbonyl (C=O) groups is 1. The van der Waals surface area contributed by atoms with Crippen LogP contribution in [-0.4, -0.2) is 21.0 Å². The lowest BCUT2D eigenvalue weighted by Gasteiger charge is -2.07.